The standard InChI is InChI=1S/C42H44N2O7S/c45-27-30-19-21-31(22-20-30)36-25-35(28-52-42-44-39(32-11-5-3-6-12-32)40(51-42)33-13-7-4-8-14-33)49-41(50-36)34-23-17-29(18-24-34)26-43-37(46)15-9-1-2-10-16-38(47)48/h3-8,11-14,17-24,35-36,41,45H,1-2,9-10,15-16,25-28H2,(H,43,46)(H,47,48). The zero-order valence-electron chi connectivity index (χ0n) is 29.0. The molecule has 6 rings (SSSR count). The van der Waals surface area contributed by atoms with E-state index in [1.807, 2.05) is 109 Å². The van der Waals surface area contributed by atoms with Crippen molar-refractivity contribution in [3.8, 4) is 22.6 Å². The van der Waals surface area contributed by atoms with Crippen LogP contribution >= 0.6 is 11.8 Å². The summed E-state index contributed by atoms with van der Waals surface area (Å²) in [5.41, 5.74) is 6.43. The van der Waals surface area contributed by atoms with Gasteiger partial charge in [0.1, 0.15) is 5.69 Å². The highest BCUT2D eigenvalue weighted by Gasteiger charge is 2.33. The topological polar surface area (TPSA) is 131 Å². The van der Waals surface area contributed by atoms with Crippen molar-refractivity contribution in [2.75, 3.05) is 5.75 Å². The van der Waals surface area contributed by atoms with Gasteiger partial charge in [-0.05, 0) is 29.5 Å². The Morgan fingerprint density at radius 2 is 1.38 bits per heavy atom. The van der Waals surface area contributed by atoms with Crippen molar-refractivity contribution in [2.45, 2.75) is 81.8 Å². The monoisotopic (exact) mass is 720 g/mol. The molecule has 0 bridgehead atoms. The van der Waals surface area contributed by atoms with Crippen molar-refractivity contribution in [1.82, 2.24) is 10.3 Å². The summed E-state index contributed by atoms with van der Waals surface area (Å²) in [5, 5.41) is 21.9. The molecule has 0 saturated carbocycles. The molecule has 4 aromatic carbocycles. The number of aliphatic hydroxyl groups is 1. The molecular formula is C42H44N2O7S. The van der Waals surface area contributed by atoms with Gasteiger partial charge in [0.15, 0.2) is 12.1 Å². The first-order valence-corrected chi connectivity index (χ1v) is 18.8. The smallest absolute Gasteiger partial charge is 0.303 e. The number of oxazole rings is 1. The van der Waals surface area contributed by atoms with Crippen molar-refractivity contribution in [3.05, 3.63) is 131 Å². The average molecular weight is 721 g/mol. The van der Waals surface area contributed by atoms with Gasteiger partial charge in [-0.2, -0.15) is 0 Å². The van der Waals surface area contributed by atoms with Gasteiger partial charge in [0.05, 0.1) is 18.8 Å². The highest BCUT2D eigenvalue weighted by molar-refractivity contribution is 7.99. The molecule has 2 heterocycles. The first kappa shape index (κ1) is 37.0. The Balaban J connectivity index is 1.11. The van der Waals surface area contributed by atoms with Crippen LogP contribution in [-0.2, 0) is 32.2 Å². The fourth-order valence-corrected chi connectivity index (χ4v) is 6.96. The summed E-state index contributed by atoms with van der Waals surface area (Å²) in [5.74, 6) is 0.522. The molecule has 3 unspecified atom stereocenters. The molecule has 0 aliphatic carbocycles. The van der Waals surface area contributed by atoms with Crippen LogP contribution in [0.2, 0.25) is 0 Å². The lowest BCUT2D eigenvalue weighted by molar-refractivity contribution is -0.245. The van der Waals surface area contributed by atoms with Gasteiger partial charge in [0.2, 0.25) is 5.91 Å². The van der Waals surface area contributed by atoms with Crippen LogP contribution in [0, 0.1) is 0 Å². The summed E-state index contributed by atoms with van der Waals surface area (Å²) in [6.07, 6.45) is 3.22. The molecule has 3 N–H and O–H groups in total. The highest BCUT2D eigenvalue weighted by Crippen LogP contribution is 2.41. The molecule has 0 spiro atoms. The van der Waals surface area contributed by atoms with Crippen molar-refractivity contribution in [2.24, 2.45) is 0 Å². The molecule has 0 radical (unpaired) electrons. The van der Waals surface area contributed by atoms with Gasteiger partial charge in [-0.3, -0.25) is 9.59 Å². The molecule has 3 atom stereocenters. The molecule has 1 saturated heterocycles. The number of carboxylic acids is 1. The van der Waals surface area contributed by atoms with Crippen LogP contribution in [-0.4, -0.2) is 38.9 Å². The Morgan fingerprint density at radius 3 is 2.06 bits per heavy atom. The average Bonchev–Trinajstić information content (AvgIpc) is 3.63. The van der Waals surface area contributed by atoms with Crippen LogP contribution in [0.5, 0.6) is 0 Å². The van der Waals surface area contributed by atoms with Gasteiger partial charge in [-0.1, -0.05) is 134 Å². The number of hydrogen-bond acceptors (Lipinski definition) is 8. The minimum atomic E-state index is -0.782. The van der Waals surface area contributed by atoms with E-state index in [0.717, 1.165) is 64.1 Å². The molecule has 9 nitrogen and oxygen atoms in total. The van der Waals surface area contributed by atoms with E-state index in [1.165, 1.54) is 11.8 Å². The Hall–Kier alpha value is -4.74. The number of thioether (sulfide) groups is 1. The number of unbranched alkanes of at least 4 members (excludes halogenated alkanes) is 3. The first-order valence-electron chi connectivity index (χ1n) is 17.8. The van der Waals surface area contributed by atoms with Gasteiger partial charge in [-0.15, -0.1) is 0 Å². The molecule has 5 aromatic rings. The fourth-order valence-electron chi connectivity index (χ4n) is 6.12. The summed E-state index contributed by atoms with van der Waals surface area (Å²) < 4.78 is 19.5. The largest absolute Gasteiger partial charge is 0.481 e. The molecular weight excluding hydrogens is 677 g/mol. The maximum atomic E-state index is 12.4. The number of nitrogens with one attached hydrogen (secondary N) is 1. The van der Waals surface area contributed by atoms with Crippen LogP contribution in [0.1, 0.15) is 79.6 Å². The summed E-state index contributed by atoms with van der Waals surface area (Å²) in [6.45, 7) is 0.389. The van der Waals surface area contributed by atoms with Crippen LogP contribution in [0.4, 0.5) is 0 Å². The lowest BCUT2D eigenvalue weighted by Gasteiger charge is -2.36. The third kappa shape index (κ3) is 10.4. The SMILES string of the molecule is O=C(O)CCCCCCC(=O)NCc1ccc(C2OC(CSc3nc(-c4ccccc4)c(-c4ccccc4)o3)CC(c3ccc(CO)cc3)O2)cc1. The number of carbonyl (C=O) groups excluding carboxylic acids is 1. The number of carbonyl (C=O) groups is 2. The number of aromatic nitrogens is 1. The predicted octanol–water partition coefficient (Wildman–Crippen LogP) is 8.88. The number of ether oxygens (including phenoxy) is 2. The van der Waals surface area contributed by atoms with E-state index in [-0.39, 0.29) is 31.1 Å². The number of amides is 1. The van der Waals surface area contributed by atoms with E-state index in [2.05, 4.69) is 5.32 Å². The van der Waals surface area contributed by atoms with Crippen LogP contribution < -0.4 is 5.32 Å². The molecule has 1 aromatic heterocycles. The van der Waals surface area contributed by atoms with Gasteiger partial charge in [0.25, 0.3) is 5.22 Å². The minimum absolute atomic E-state index is 0.0190. The number of carboxylic acid groups (broad SMARTS) is 1. The Labute approximate surface area is 308 Å². The normalized spacial score (nSPS) is 17.1. The number of rotatable bonds is 17. The third-order valence-electron chi connectivity index (χ3n) is 8.98. The van der Waals surface area contributed by atoms with E-state index in [1.54, 1.807) is 0 Å². The molecule has 1 amide bonds. The minimum Gasteiger partial charge on any atom is -0.481 e. The molecule has 1 fully saturated rings. The number of hydrogen-bond donors (Lipinski definition) is 3. The second kappa shape index (κ2) is 18.7. The number of aliphatic carboxylic acids is 1. The third-order valence-corrected chi connectivity index (χ3v) is 9.94. The molecule has 1 aliphatic heterocycles. The molecule has 270 valence electrons. The fraction of sp³-hybridized carbons (Fsp3) is 0.310. The van der Waals surface area contributed by atoms with Gasteiger partial charge in [-0.25, -0.2) is 4.98 Å². The quantitative estimate of drug-likeness (QED) is 0.0637. The summed E-state index contributed by atoms with van der Waals surface area (Å²) in [6, 6.07) is 35.8. The van der Waals surface area contributed by atoms with E-state index in [4.69, 9.17) is 24.0 Å². The summed E-state index contributed by atoms with van der Waals surface area (Å²) >= 11 is 1.52. The maximum Gasteiger partial charge on any atom is 0.303 e. The van der Waals surface area contributed by atoms with Crippen LogP contribution in [0.15, 0.2) is 119 Å². The Kier molecular flexibility index (Phi) is 13.3. The van der Waals surface area contributed by atoms with Gasteiger partial charge in [0, 0.05) is 48.3 Å². The second-order valence-electron chi connectivity index (χ2n) is 12.9. The van der Waals surface area contributed by atoms with E-state index < -0.39 is 12.3 Å². The van der Waals surface area contributed by atoms with Crippen molar-refractivity contribution >= 4 is 23.6 Å². The molecule has 1 aliphatic rings. The zero-order valence-corrected chi connectivity index (χ0v) is 29.8. The summed E-state index contributed by atoms with van der Waals surface area (Å²) in [4.78, 5) is 27.9. The van der Waals surface area contributed by atoms with Crippen molar-refractivity contribution < 1.29 is 33.7 Å². The van der Waals surface area contributed by atoms with E-state index >= 15 is 0 Å². The first-order chi connectivity index (χ1) is 25.4. The summed E-state index contributed by atoms with van der Waals surface area (Å²) in [7, 11) is 0. The van der Waals surface area contributed by atoms with Crippen molar-refractivity contribution in [1.29, 1.82) is 0 Å². The number of benzene rings is 4. The number of aliphatic hydroxyl groups excluding tert-OH is 1. The molecule has 52 heavy (non-hydrogen) atoms. The maximum absolute atomic E-state index is 12.4. The Morgan fingerprint density at radius 1 is 0.750 bits per heavy atom. The van der Waals surface area contributed by atoms with Crippen LogP contribution in [0.25, 0.3) is 22.6 Å². The van der Waals surface area contributed by atoms with Crippen LogP contribution in [0.3, 0.4) is 0 Å². The second-order valence-corrected chi connectivity index (χ2v) is 13.8. The number of nitrogens with zero attached hydrogens (tertiary/aromatic N) is 1. The molecule has 10 heteroatoms. The van der Waals surface area contributed by atoms with E-state index in [0.29, 0.717) is 36.8 Å². The van der Waals surface area contributed by atoms with E-state index in [9.17, 15) is 14.7 Å². The predicted molar refractivity (Wildman–Crippen MR) is 200 cm³/mol. The lowest BCUT2D eigenvalue weighted by Crippen LogP contribution is -2.31. The lowest BCUT2D eigenvalue weighted by atomic mass is 10.0. The Bertz CT molecular complexity index is 1810. The van der Waals surface area contributed by atoms with Crippen molar-refractivity contribution in [3.63, 3.8) is 0 Å². The zero-order chi connectivity index (χ0) is 36.1. The van der Waals surface area contributed by atoms with Gasteiger partial charge >= 0.3 is 5.97 Å². The highest BCUT2D eigenvalue weighted by atomic mass is 32.2. The van der Waals surface area contributed by atoms with Gasteiger partial charge < -0.3 is 29.4 Å².